The molecule has 3 aromatic rings. The molecular formula is C22H22Cl2N2O4. The van der Waals surface area contributed by atoms with Crippen LogP contribution in [0.1, 0.15) is 20.3 Å². The summed E-state index contributed by atoms with van der Waals surface area (Å²) in [7, 11) is 0. The Kier molecular flexibility index (Phi) is 7.78. The third kappa shape index (κ3) is 5.08. The van der Waals surface area contributed by atoms with Gasteiger partial charge in [-0.1, -0.05) is 43.6 Å². The van der Waals surface area contributed by atoms with Crippen LogP contribution in [0.3, 0.4) is 0 Å². The van der Waals surface area contributed by atoms with Gasteiger partial charge in [-0.3, -0.25) is 14.4 Å². The molecule has 0 unspecified atom stereocenters. The molecule has 0 radical (unpaired) electrons. The zero-order valence-electron chi connectivity index (χ0n) is 16.5. The molecule has 3 N–H and O–H groups in total. The Morgan fingerprint density at radius 1 is 1.10 bits per heavy atom. The first-order chi connectivity index (χ1) is 13.8. The van der Waals surface area contributed by atoms with Crippen molar-refractivity contribution in [2.24, 2.45) is 11.7 Å². The topological polar surface area (TPSA) is 98.5 Å². The van der Waals surface area contributed by atoms with Crippen molar-refractivity contribution >= 4 is 35.6 Å². The van der Waals surface area contributed by atoms with Crippen molar-refractivity contribution < 1.29 is 9.53 Å². The average molecular weight is 449 g/mol. The van der Waals surface area contributed by atoms with E-state index in [9.17, 15) is 14.4 Å². The van der Waals surface area contributed by atoms with Gasteiger partial charge >= 0.3 is 0 Å². The number of rotatable bonds is 7. The van der Waals surface area contributed by atoms with E-state index in [0.717, 1.165) is 0 Å². The molecule has 0 aliphatic rings. The van der Waals surface area contributed by atoms with Crippen LogP contribution >= 0.6 is 24.0 Å². The highest BCUT2D eigenvalue weighted by atomic mass is 35.5. The number of benzene rings is 2. The van der Waals surface area contributed by atoms with Gasteiger partial charge in [0.15, 0.2) is 0 Å². The normalized spacial score (nSPS) is 11.8. The Morgan fingerprint density at radius 2 is 1.77 bits per heavy atom. The van der Waals surface area contributed by atoms with E-state index in [4.69, 9.17) is 22.1 Å². The van der Waals surface area contributed by atoms with Crippen LogP contribution < -0.4 is 26.6 Å². The molecule has 0 aromatic heterocycles. The maximum absolute atomic E-state index is 12.4. The van der Waals surface area contributed by atoms with Crippen LogP contribution in [-0.2, 0) is 4.79 Å². The van der Waals surface area contributed by atoms with Gasteiger partial charge in [0.1, 0.15) is 17.2 Å². The lowest BCUT2D eigenvalue weighted by Crippen LogP contribution is -2.43. The minimum Gasteiger partial charge on any atom is -0.457 e. The Hall–Kier alpha value is -2.67. The van der Waals surface area contributed by atoms with E-state index in [1.54, 1.807) is 42.5 Å². The monoisotopic (exact) mass is 448 g/mol. The van der Waals surface area contributed by atoms with Crippen LogP contribution in [0.4, 0.5) is 5.69 Å². The highest BCUT2D eigenvalue weighted by Gasteiger charge is 2.28. The average Bonchev–Trinajstić information content (AvgIpc) is 2.68. The minimum atomic E-state index is -0.780. The molecule has 1 amide bonds. The van der Waals surface area contributed by atoms with Crippen LogP contribution in [-0.4, -0.2) is 11.9 Å². The lowest BCUT2D eigenvalue weighted by molar-refractivity contribution is -0.117. The molecule has 3 aromatic carbocycles. The van der Waals surface area contributed by atoms with Crippen molar-refractivity contribution in [3.8, 4) is 22.6 Å². The van der Waals surface area contributed by atoms with E-state index >= 15 is 0 Å². The van der Waals surface area contributed by atoms with E-state index in [1.165, 1.54) is 0 Å². The molecule has 0 bridgehead atoms. The Labute approximate surface area is 185 Å². The molecule has 0 saturated heterocycles. The number of para-hydroxylation sites is 1. The van der Waals surface area contributed by atoms with Gasteiger partial charge in [0.2, 0.25) is 11.3 Å². The largest absolute Gasteiger partial charge is 0.457 e. The summed E-state index contributed by atoms with van der Waals surface area (Å²) in [5.41, 5.74) is 4.82. The van der Waals surface area contributed by atoms with E-state index in [0.29, 0.717) is 28.5 Å². The van der Waals surface area contributed by atoms with Gasteiger partial charge in [-0.05, 0) is 36.6 Å². The fourth-order valence-corrected chi connectivity index (χ4v) is 3.16. The van der Waals surface area contributed by atoms with E-state index < -0.39 is 22.8 Å². The van der Waals surface area contributed by atoms with Crippen molar-refractivity contribution in [3.05, 3.63) is 74.0 Å². The standard InChI is InChI=1S/C22H21ClN2O4.ClH/c1-12(2)10-16(24)22(28)25-19-18(20(26)21(19)27)15-9-8-13(23)11-17(15)29-14-6-4-3-5-7-14;/h3-9,11-12,16H,10,24H2,1-2H3,(H,25,28);1H/t16-;/m0./s1. The predicted molar refractivity (Wildman–Crippen MR) is 122 cm³/mol. The molecule has 0 aliphatic carbocycles. The van der Waals surface area contributed by atoms with Gasteiger partial charge in [0, 0.05) is 16.7 Å². The van der Waals surface area contributed by atoms with Crippen LogP contribution in [0.5, 0.6) is 11.5 Å². The summed E-state index contributed by atoms with van der Waals surface area (Å²) in [6, 6.07) is 12.9. The number of carbonyl (C=O) groups is 1. The molecule has 8 heteroatoms. The molecule has 30 heavy (non-hydrogen) atoms. The zero-order chi connectivity index (χ0) is 21.1. The first-order valence-corrected chi connectivity index (χ1v) is 9.58. The number of amides is 1. The van der Waals surface area contributed by atoms with Crippen LogP contribution in [0.15, 0.2) is 58.1 Å². The summed E-state index contributed by atoms with van der Waals surface area (Å²) in [4.78, 5) is 36.8. The molecule has 6 nitrogen and oxygen atoms in total. The summed E-state index contributed by atoms with van der Waals surface area (Å²) in [5.74, 6) is 0.550. The number of anilines is 1. The van der Waals surface area contributed by atoms with E-state index in [-0.39, 0.29) is 29.6 Å². The van der Waals surface area contributed by atoms with Gasteiger partial charge in [0.25, 0.3) is 5.43 Å². The van der Waals surface area contributed by atoms with Crippen LogP contribution in [0.2, 0.25) is 5.02 Å². The number of hydrogen-bond acceptors (Lipinski definition) is 5. The first kappa shape index (κ1) is 23.6. The second-order valence-electron chi connectivity index (χ2n) is 7.19. The first-order valence-electron chi connectivity index (χ1n) is 9.20. The molecule has 0 saturated carbocycles. The fraction of sp³-hybridized carbons (Fsp3) is 0.227. The molecule has 0 aliphatic heterocycles. The van der Waals surface area contributed by atoms with Gasteiger partial charge in [0.05, 0.1) is 11.6 Å². The lowest BCUT2D eigenvalue weighted by Gasteiger charge is -2.18. The number of halogens is 2. The van der Waals surface area contributed by atoms with E-state index in [1.807, 2.05) is 19.9 Å². The number of carbonyl (C=O) groups excluding carboxylic acids is 1. The smallest absolute Gasteiger partial charge is 0.250 e. The van der Waals surface area contributed by atoms with Gasteiger partial charge < -0.3 is 15.8 Å². The quantitative estimate of drug-likeness (QED) is 0.529. The Bertz CT molecular complexity index is 1110. The minimum absolute atomic E-state index is 0. The lowest BCUT2D eigenvalue weighted by atomic mass is 9.97. The van der Waals surface area contributed by atoms with Gasteiger partial charge in [-0.15, -0.1) is 12.4 Å². The van der Waals surface area contributed by atoms with Crippen molar-refractivity contribution in [1.82, 2.24) is 0 Å². The van der Waals surface area contributed by atoms with Crippen molar-refractivity contribution in [2.75, 3.05) is 5.32 Å². The highest BCUT2D eigenvalue weighted by Crippen LogP contribution is 2.37. The maximum atomic E-state index is 12.4. The second-order valence-corrected chi connectivity index (χ2v) is 7.63. The van der Waals surface area contributed by atoms with Gasteiger partial charge in [-0.25, -0.2) is 0 Å². The predicted octanol–water partition coefficient (Wildman–Crippen LogP) is 4.13. The van der Waals surface area contributed by atoms with Crippen LogP contribution in [0, 0.1) is 5.92 Å². The Morgan fingerprint density at radius 3 is 2.40 bits per heavy atom. The Balaban J connectivity index is 0.00000320. The van der Waals surface area contributed by atoms with E-state index in [2.05, 4.69) is 5.32 Å². The molecule has 1 atom stereocenters. The highest BCUT2D eigenvalue weighted by molar-refractivity contribution is 6.30. The molecule has 0 fully saturated rings. The number of ether oxygens (including phenoxy) is 1. The zero-order valence-corrected chi connectivity index (χ0v) is 18.0. The molecular weight excluding hydrogens is 427 g/mol. The van der Waals surface area contributed by atoms with Crippen LogP contribution in [0.25, 0.3) is 11.1 Å². The third-order valence-electron chi connectivity index (χ3n) is 4.40. The molecule has 3 rings (SSSR count). The van der Waals surface area contributed by atoms with Crippen molar-refractivity contribution in [1.29, 1.82) is 0 Å². The molecule has 0 spiro atoms. The summed E-state index contributed by atoms with van der Waals surface area (Å²) < 4.78 is 5.86. The number of hydrogen-bond donors (Lipinski definition) is 2. The molecule has 158 valence electrons. The summed E-state index contributed by atoms with van der Waals surface area (Å²) >= 11 is 6.09. The number of nitrogens with one attached hydrogen (secondary N) is 1. The van der Waals surface area contributed by atoms with Gasteiger partial charge in [-0.2, -0.15) is 0 Å². The summed E-state index contributed by atoms with van der Waals surface area (Å²) in [5, 5.41) is 2.92. The third-order valence-corrected chi connectivity index (χ3v) is 4.64. The summed E-state index contributed by atoms with van der Waals surface area (Å²) in [6.45, 7) is 3.88. The van der Waals surface area contributed by atoms with Crippen molar-refractivity contribution in [3.63, 3.8) is 0 Å². The number of nitrogens with two attached hydrogens (primary N) is 1. The van der Waals surface area contributed by atoms with Crippen molar-refractivity contribution in [2.45, 2.75) is 26.3 Å². The SMILES string of the molecule is CC(C)C[C@H](N)C(=O)Nc1c(-c2ccc(Cl)cc2Oc2ccccc2)c(=O)c1=O.Cl. The summed E-state index contributed by atoms with van der Waals surface area (Å²) in [6.07, 6.45) is 0.458. The fourth-order valence-electron chi connectivity index (χ4n) is 3.00. The maximum Gasteiger partial charge on any atom is 0.250 e. The molecule has 0 heterocycles. The second kappa shape index (κ2) is 9.89.